The first-order valence-electron chi connectivity index (χ1n) is 7.45. The molecule has 0 bridgehead atoms. The highest BCUT2D eigenvalue weighted by atomic mass is 32.2. The highest BCUT2D eigenvalue weighted by Crippen LogP contribution is 2.35. The fourth-order valence-electron chi connectivity index (χ4n) is 2.99. The molecule has 0 aromatic heterocycles. The summed E-state index contributed by atoms with van der Waals surface area (Å²) in [6.45, 7) is 5.04. The molecule has 0 aliphatic carbocycles. The van der Waals surface area contributed by atoms with Crippen LogP contribution in [0.1, 0.15) is 20.3 Å². The van der Waals surface area contributed by atoms with Crippen molar-refractivity contribution in [3.05, 3.63) is 35.2 Å². The molecule has 3 aliphatic heterocycles. The van der Waals surface area contributed by atoms with Crippen LogP contribution in [0.25, 0.3) is 0 Å². The number of hydroxylamine groups is 2. The summed E-state index contributed by atoms with van der Waals surface area (Å²) < 4.78 is 26.1. The first-order valence-corrected chi connectivity index (χ1v) is 9.34. The highest BCUT2D eigenvalue weighted by Gasteiger charge is 2.37. The molecular formula is C14H21N5O3S. The van der Waals surface area contributed by atoms with Crippen LogP contribution < -0.4 is 4.72 Å². The maximum absolute atomic E-state index is 11.7. The van der Waals surface area contributed by atoms with Gasteiger partial charge in [0, 0.05) is 12.7 Å². The summed E-state index contributed by atoms with van der Waals surface area (Å²) in [6, 6.07) is -0.501. The number of sulfonamides is 1. The molecule has 23 heavy (non-hydrogen) atoms. The van der Waals surface area contributed by atoms with Crippen LogP contribution in [0.5, 0.6) is 0 Å². The molecule has 0 amide bonds. The van der Waals surface area contributed by atoms with Crippen molar-refractivity contribution in [3.8, 4) is 0 Å². The molecule has 0 radical (unpaired) electrons. The second kappa shape index (κ2) is 5.66. The molecule has 126 valence electrons. The smallest absolute Gasteiger partial charge is 0.209 e. The Hall–Kier alpha value is -1.84. The van der Waals surface area contributed by atoms with Gasteiger partial charge in [-0.05, 0) is 18.9 Å². The van der Waals surface area contributed by atoms with Gasteiger partial charge >= 0.3 is 0 Å². The molecular weight excluding hydrogens is 318 g/mol. The van der Waals surface area contributed by atoms with Crippen molar-refractivity contribution in [1.29, 1.82) is 0 Å². The third kappa shape index (κ3) is 2.99. The van der Waals surface area contributed by atoms with E-state index >= 15 is 0 Å². The Labute approximate surface area is 136 Å². The number of nitrogens with zero attached hydrogens (tertiary/aromatic N) is 4. The molecule has 3 rings (SSSR count). The van der Waals surface area contributed by atoms with E-state index in [-0.39, 0.29) is 0 Å². The van der Waals surface area contributed by atoms with Crippen molar-refractivity contribution in [3.63, 3.8) is 0 Å². The summed E-state index contributed by atoms with van der Waals surface area (Å²) in [5.74, 6) is 0.809. The Kier molecular flexibility index (Phi) is 3.95. The molecule has 0 spiro atoms. The van der Waals surface area contributed by atoms with E-state index in [4.69, 9.17) is 0 Å². The topological polar surface area (TPSA) is 88.5 Å². The van der Waals surface area contributed by atoms with Crippen LogP contribution >= 0.6 is 0 Å². The number of fused-ring (bicyclic) bond motifs is 2. The van der Waals surface area contributed by atoms with Gasteiger partial charge in [0.1, 0.15) is 18.2 Å². The molecule has 8 nitrogen and oxygen atoms in total. The Morgan fingerprint density at radius 1 is 1.43 bits per heavy atom. The van der Waals surface area contributed by atoms with Crippen molar-refractivity contribution < 1.29 is 13.6 Å². The SMILES string of the molecule is CCCN1C=C(C)C(NS(C)(=O)=O)C2=C1N1CN(O)C=C1C=N2. The van der Waals surface area contributed by atoms with E-state index in [1.807, 2.05) is 18.0 Å². The van der Waals surface area contributed by atoms with Crippen LogP contribution in [-0.2, 0) is 10.0 Å². The molecule has 0 aromatic rings. The zero-order valence-electron chi connectivity index (χ0n) is 13.4. The first-order chi connectivity index (χ1) is 10.8. The average molecular weight is 339 g/mol. The zero-order valence-corrected chi connectivity index (χ0v) is 14.2. The van der Waals surface area contributed by atoms with E-state index < -0.39 is 16.1 Å². The lowest BCUT2D eigenvalue weighted by atomic mass is 10.0. The maximum Gasteiger partial charge on any atom is 0.209 e. The lowest BCUT2D eigenvalue weighted by Gasteiger charge is -2.40. The molecule has 0 saturated carbocycles. The molecule has 1 unspecified atom stereocenters. The fraction of sp³-hybridized carbons (Fsp3) is 0.500. The van der Waals surface area contributed by atoms with Gasteiger partial charge in [-0.25, -0.2) is 18.2 Å². The van der Waals surface area contributed by atoms with Gasteiger partial charge in [-0.3, -0.25) is 10.2 Å². The quantitative estimate of drug-likeness (QED) is 0.779. The minimum Gasteiger partial charge on any atom is -0.333 e. The molecule has 3 aliphatic rings. The molecule has 0 aromatic carbocycles. The number of hydrogen-bond donors (Lipinski definition) is 2. The number of aliphatic imine (C=N–C) groups is 1. The number of rotatable bonds is 4. The summed E-state index contributed by atoms with van der Waals surface area (Å²) in [6.07, 6.45) is 7.27. The number of allylic oxidation sites excluding steroid dienone is 1. The Morgan fingerprint density at radius 2 is 2.17 bits per heavy atom. The van der Waals surface area contributed by atoms with Gasteiger partial charge in [-0.1, -0.05) is 6.92 Å². The van der Waals surface area contributed by atoms with Gasteiger partial charge in [0.25, 0.3) is 0 Å². The van der Waals surface area contributed by atoms with Gasteiger partial charge < -0.3 is 9.80 Å². The third-order valence-electron chi connectivity index (χ3n) is 3.86. The predicted molar refractivity (Wildman–Crippen MR) is 86.5 cm³/mol. The lowest BCUT2D eigenvalue weighted by Crippen LogP contribution is -2.46. The Morgan fingerprint density at radius 3 is 2.83 bits per heavy atom. The van der Waals surface area contributed by atoms with E-state index in [9.17, 15) is 13.6 Å². The summed E-state index contributed by atoms with van der Waals surface area (Å²) in [7, 11) is -3.38. The van der Waals surface area contributed by atoms with Crippen LogP contribution in [0.2, 0.25) is 0 Å². The van der Waals surface area contributed by atoms with Crippen LogP contribution in [0, 0.1) is 0 Å². The summed E-state index contributed by atoms with van der Waals surface area (Å²) in [5, 5.41) is 10.8. The van der Waals surface area contributed by atoms with E-state index in [0.717, 1.165) is 41.4 Å². The fourth-order valence-corrected chi connectivity index (χ4v) is 3.72. The first kappa shape index (κ1) is 16.0. The summed E-state index contributed by atoms with van der Waals surface area (Å²) >= 11 is 0. The monoisotopic (exact) mass is 339 g/mol. The highest BCUT2D eigenvalue weighted by molar-refractivity contribution is 7.88. The van der Waals surface area contributed by atoms with E-state index in [0.29, 0.717) is 12.4 Å². The lowest BCUT2D eigenvalue weighted by molar-refractivity contribution is -0.0534. The molecule has 3 heterocycles. The predicted octanol–water partition coefficient (Wildman–Crippen LogP) is 0.593. The van der Waals surface area contributed by atoms with Crippen LogP contribution in [0.3, 0.4) is 0 Å². The largest absolute Gasteiger partial charge is 0.333 e. The van der Waals surface area contributed by atoms with Gasteiger partial charge in [-0.2, -0.15) is 0 Å². The Balaban J connectivity index is 2.06. The molecule has 2 N–H and O–H groups in total. The van der Waals surface area contributed by atoms with E-state index in [2.05, 4.69) is 21.5 Å². The van der Waals surface area contributed by atoms with Crippen LogP contribution in [0.4, 0.5) is 0 Å². The zero-order chi connectivity index (χ0) is 16.8. The second-order valence-corrected chi connectivity index (χ2v) is 7.70. The average Bonchev–Trinajstić information content (AvgIpc) is 2.81. The summed E-state index contributed by atoms with van der Waals surface area (Å²) in [5.41, 5.74) is 2.31. The van der Waals surface area contributed by atoms with Crippen molar-refractivity contribution in [2.75, 3.05) is 19.5 Å². The van der Waals surface area contributed by atoms with E-state index in [1.54, 1.807) is 12.4 Å². The van der Waals surface area contributed by atoms with Crippen molar-refractivity contribution >= 4 is 16.2 Å². The van der Waals surface area contributed by atoms with Gasteiger partial charge in [0.15, 0.2) is 0 Å². The minimum absolute atomic E-state index is 0.291. The van der Waals surface area contributed by atoms with Gasteiger partial charge in [-0.15, -0.1) is 0 Å². The van der Waals surface area contributed by atoms with E-state index in [1.165, 1.54) is 0 Å². The molecule has 9 heteroatoms. The van der Waals surface area contributed by atoms with Crippen LogP contribution in [-0.4, -0.2) is 60.2 Å². The standard InChI is InChI=1S/C14H21N5O3S/c1-4-5-17-7-10(2)12(16-23(3,21)22)13-14(17)19-9-18(20)8-11(19)6-15-13/h6-8,12,16,20H,4-5,9H2,1-3H3. The minimum atomic E-state index is -3.38. The number of nitrogens with one attached hydrogen (secondary N) is 1. The van der Waals surface area contributed by atoms with Crippen molar-refractivity contribution in [2.45, 2.75) is 26.3 Å². The molecule has 0 fully saturated rings. The van der Waals surface area contributed by atoms with Gasteiger partial charge in [0.05, 0.1) is 30.4 Å². The second-order valence-electron chi connectivity index (χ2n) is 5.92. The number of hydrogen-bond acceptors (Lipinski definition) is 7. The maximum atomic E-state index is 11.7. The third-order valence-corrected chi connectivity index (χ3v) is 4.52. The summed E-state index contributed by atoms with van der Waals surface area (Å²) in [4.78, 5) is 8.47. The van der Waals surface area contributed by atoms with Gasteiger partial charge in [0.2, 0.25) is 10.0 Å². The molecule has 1 atom stereocenters. The Bertz CT molecular complexity index is 738. The van der Waals surface area contributed by atoms with Crippen molar-refractivity contribution in [2.24, 2.45) is 4.99 Å². The van der Waals surface area contributed by atoms with Crippen LogP contribution in [0.15, 0.2) is 40.2 Å². The molecule has 0 saturated heterocycles. The normalized spacial score (nSPS) is 23.8. The van der Waals surface area contributed by atoms with Crippen molar-refractivity contribution in [1.82, 2.24) is 19.6 Å².